The summed E-state index contributed by atoms with van der Waals surface area (Å²) in [6.45, 7) is 0.609. The number of hydrogen-bond acceptors (Lipinski definition) is 3. The van der Waals surface area contributed by atoms with E-state index >= 15 is 0 Å². The van der Waals surface area contributed by atoms with Crippen LogP contribution in [0.1, 0.15) is 22.5 Å². The zero-order valence-electron chi connectivity index (χ0n) is 14.3. The van der Waals surface area contributed by atoms with Crippen molar-refractivity contribution in [1.29, 1.82) is 0 Å². The maximum Gasteiger partial charge on any atom is 0.269 e. The highest BCUT2D eigenvalue weighted by molar-refractivity contribution is 6.33. The van der Waals surface area contributed by atoms with E-state index in [4.69, 9.17) is 11.6 Å². The number of carbonyl (C=O) groups excluding carboxylic acids is 1. The second-order valence-electron chi connectivity index (χ2n) is 5.88. The Morgan fingerprint density at radius 1 is 1.00 bits per heavy atom. The molecule has 0 aliphatic heterocycles. The summed E-state index contributed by atoms with van der Waals surface area (Å²) in [7, 11) is 0. The van der Waals surface area contributed by atoms with Crippen molar-refractivity contribution < 1.29 is 4.79 Å². The van der Waals surface area contributed by atoms with Crippen molar-refractivity contribution in [3.8, 4) is 0 Å². The van der Waals surface area contributed by atoms with Gasteiger partial charge in [-0.2, -0.15) is 0 Å². The van der Waals surface area contributed by atoms with Gasteiger partial charge in [0.1, 0.15) is 5.69 Å². The van der Waals surface area contributed by atoms with Gasteiger partial charge in [-0.05, 0) is 42.7 Å². The molecule has 0 bridgehead atoms. The van der Waals surface area contributed by atoms with E-state index < -0.39 is 0 Å². The number of anilines is 2. The summed E-state index contributed by atoms with van der Waals surface area (Å²) in [4.78, 5) is 16.5. The van der Waals surface area contributed by atoms with E-state index in [2.05, 4.69) is 27.8 Å². The van der Waals surface area contributed by atoms with Crippen molar-refractivity contribution in [2.75, 3.05) is 11.9 Å². The van der Waals surface area contributed by atoms with Crippen LogP contribution in [0.15, 0.2) is 72.9 Å². The molecule has 1 amide bonds. The number of para-hydroxylation sites is 1. The van der Waals surface area contributed by atoms with Gasteiger partial charge in [0, 0.05) is 18.4 Å². The Labute approximate surface area is 158 Å². The molecule has 0 fully saturated rings. The Kier molecular flexibility index (Phi) is 6.23. The van der Waals surface area contributed by atoms with Crippen LogP contribution in [-0.2, 0) is 6.42 Å². The van der Waals surface area contributed by atoms with Crippen molar-refractivity contribution in [3.63, 3.8) is 0 Å². The summed E-state index contributed by atoms with van der Waals surface area (Å²) < 4.78 is 0. The number of hydrogen-bond donors (Lipinski definition) is 2. The summed E-state index contributed by atoms with van der Waals surface area (Å²) >= 11 is 6.15. The molecular formula is C21H20ClN3O. The van der Waals surface area contributed by atoms with Crippen LogP contribution in [0.2, 0.25) is 5.02 Å². The summed E-state index contributed by atoms with van der Waals surface area (Å²) in [5.41, 5.74) is 3.20. The van der Waals surface area contributed by atoms with Crippen LogP contribution < -0.4 is 10.6 Å². The average molecular weight is 366 g/mol. The van der Waals surface area contributed by atoms with Crippen LogP contribution in [0.3, 0.4) is 0 Å². The van der Waals surface area contributed by atoms with Crippen LogP contribution in [0.4, 0.5) is 11.4 Å². The number of benzene rings is 2. The number of aryl methyl sites for hydroxylation is 1. The van der Waals surface area contributed by atoms with Gasteiger partial charge < -0.3 is 10.6 Å². The molecule has 1 heterocycles. The molecule has 0 aliphatic carbocycles. The lowest BCUT2D eigenvalue weighted by molar-refractivity contribution is 0.0948. The van der Waals surface area contributed by atoms with Gasteiger partial charge in [-0.15, -0.1) is 0 Å². The molecule has 5 heteroatoms. The lowest BCUT2D eigenvalue weighted by Gasteiger charge is -2.10. The van der Waals surface area contributed by atoms with Gasteiger partial charge >= 0.3 is 0 Å². The molecule has 0 saturated carbocycles. The number of halogens is 1. The van der Waals surface area contributed by atoms with Gasteiger partial charge in [0.15, 0.2) is 0 Å². The van der Waals surface area contributed by atoms with Gasteiger partial charge in [-0.3, -0.25) is 9.78 Å². The molecule has 4 nitrogen and oxygen atoms in total. The fourth-order valence-electron chi connectivity index (χ4n) is 2.58. The van der Waals surface area contributed by atoms with Crippen molar-refractivity contribution in [3.05, 3.63) is 89.2 Å². The molecule has 0 aliphatic rings. The SMILES string of the molecule is O=C(NCCCc1ccccc1)c1cc(Nc2ccccc2Cl)ccn1. The van der Waals surface area contributed by atoms with Crippen LogP contribution in [0.5, 0.6) is 0 Å². The minimum atomic E-state index is -0.180. The fraction of sp³-hybridized carbons (Fsp3) is 0.143. The molecule has 26 heavy (non-hydrogen) atoms. The second kappa shape index (κ2) is 9.02. The topological polar surface area (TPSA) is 54.0 Å². The first-order chi connectivity index (χ1) is 12.7. The third kappa shape index (κ3) is 5.07. The molecule has 0 atom stereocenters. The first kappa shape index (κ1) is 18.0. The average Bonchev–Trinajstić information content (AvgIpc) is 2.68. The van der Waals surface area contributed by atoms with E-state index in [-0.39, 0.29) is 5.91 Å². The molecule has 0 saturated heterocycles. The zero-order chi connectivity index (χ0) is 18.2. The Morgan fingerprint density at radius 3 is 2.58 bits per heavy atom. The summed E-state index contributed by atoms with van der Waals surface area (Å²) in [6.07, 6.45) is 3.42. The van der Waals surface area contributed by atoms with Crippen molar-refractivity contribution in [2.45, 2.75) is 12.8 Å². The van der Waals surface area contributed by atoms with Crippen LogP contribution in [0.25, 0.3) is 0 Å². The van der Waals surface area contributed by atoms with E-state index in [9.17, 15) is 4.79 Å². The molecule has 0 unspecified atom stereocenters. The van der Waals surface area contributed by atoms with E-state index in [1.807, 2.05) is 42.5 Å². The molecule has 0 spiro atoms. The molecule has 3 rings (SSSR count). The number of amides is 1. The summed E-state index contributed by atoms with van der Waals surface area (Å²) in [6, 6.07) is 21.2. The predicted molar refractivity (Wildman–Crippen MR) is 106 cm³/mol. The van der Waals surface area contributed by atoms with Crippen LogP contribution in [-0.4, -0.2) is 17.4 Å². The van der Waals surface area contributed by atoms with Gasteiger partial charge in [0.25, 0.3) is 5.91 Å². The third-order valence-corrected chi connectivity index (χ3v) is 4.25. The number of aromatic nitrogens is 1. The quantitative estimate of drug-likeness (QED) is 0.589. The predicted octanol–water partition coefficient (Wildman–Crippen LogP) is 4.84. The molecular weight excluding hydrogens is 346 g/mol. The number of nitrogens with one attached hydrogen (secondary N) is 2. The summed E-state index contributed by atoms with van der Waals surface area (Å²) in [5.74, 6) is -0.180. The van der Waals surface area contributed by atoms with Gasteiger partial charge in [0.2, 0.25) is 0 Å². The highest BCUT2D eigenvalue weighted by Gasteiger charge is 2.08. The number of pyridine rings is 1. The molecule has 2 aromatic carbocycles. The van der Waals surface area contributed by atoms with Crippen LogP contribution >= 0.6 is 11.6 Å². The van der Waals surface area contributed by atoms with E-state index in [0.717, 1.165) is 24.2 Å². The highest BCUT2D eigenvalue weighted by Crippen LogP contribution is 2.24. The standard InChI is InChI=1S/C21H20ClN3O/c22-18-10-4-5-11-19(18)25-17-12-14-23-20(15-17)21(26)24-13-6-9-16-7-2-1-3-8-16/h1-5,7-8,10-12,14-15H,6,9,13H2,(H,23,25)(H,24,26). The number of carbonyl (C=O) groups is 1. The van der Waals surface area contributed by atoms with E-state index in [1.165, 1.54) is 5.56 Å². The Bertz CT molecular complexity index is 868. The van der Waals surface area contributed by atoms with Gasteiger partial charge in [0.05, 0.1) is 10.7 Å². The largest absolute Gasteiger partial charge is 0.354 e. The monoisotopic (exact) mass is 365 g/mol. The first-order valence-electron chi connectivity index (χ1n) is 8.52. The van der Waals surface area contributed by atoms with E-state index in [0.29, 0.717) is 17.3 Å². The molecule has 132 valence electrons. The van der Waals surface area contributed by atoms with Gasteiger partial charge in [-0.1, -0.05) is 54.1 Å². The fourth-order valence-corrected chi connectivity index (χ4v) is 2.76. The first-order valence-corrected chi connectivity index (χ1v) is 8.90. The lowest BCUT2D eigenvalue weighted by Crippen LogP contribution is -2.25. The highest BCUT2D eigenvalue weighted by atomic mass is 35.5. The molecule has 2 N–H and O–H groups in total. The minimum Gasteiger partial charge on any atom is -0.354 e. The second-order valence-corrected chi connectivity index (χ2v) is 6.29. The molecule has 3 aromatic rings. The third-order valence-electron chi connectivity index (χ3n) is 3.92. The Hall–Kier alpha value is -2.85. The lowest BCUT2D eigenvalue weighted by atomic mass is 10.1. The van der Waals surface area contributed by atoms with Crippen molar-refractivity contribution in [2.24, 2.45) is 0 Å². The number of nitrogens with zero attached hydrogens (tertiary/aromatic N) is 1. The smallest absolute Gasteiger partial charge is 0.269 e. The molecule has 0 radical (unpaired) electrons. The maximum atomic E-state index is 12.3. The van der Waals surface area contributed by atoms with Crippen molar-refractivity contribution >= 4 is 28.9 Å². The van der Waals surface area contributed by atoms with E-state index in [1.54, 1.807) is 18.3 Å². The Morgan fingerprint density at radius 2 is 1.77 bits per heavy atom. The van der Waals surface area contributed by atoms with Gasteiger partial charge in [-0.25, -0.2) is 0 Å². The normalized spacial score (nSPS) is 10.3. The maximum absolute atomic E-state index is 12.3. The number of rotatable bonds is 7. The zero-order valence-corrected chi connectivity index (χ0v) is 15.0. The molecule has 1 aromatic heterocycles. The summed E-state index contributed by atoms with van der Waals surface area (Å²) in [5, 5.41) is 6.74. The van der Waals surface area contributed by atoms with Crippen LogP contribution in [0, 0.1) is 0 Å². The minimum absolute atomic E-state index is 0.180. The Balaban J connectivity index is 1.54. The van der Waals surface area contributed by atoms with Crippen molar-refractivity contribution in [1.82, 2.24) is 10.3 Å².